The lowest BCUT2D eigenvalue weighted by molar-refractivity contribution is -0.117. The second-order valence-electron chi connectivity index (χ2n) is 5.38. The van der Waals surface area contributed by atoms with Crippen molar-refractivity contribution in [3.05, 3.63) is 43.5 Å². The maximum absolute atomic E-state index is 12.4. The molecular weight excluding hydrogens is 360 g/mol. The number of benzene rings is 1. The Morgan fingerprint density at radius 2 is 1.58 bits per heavy atom. The molecule has 8 nitrogen and oxygen atoms in total. The van der Waals surface area contributed by atoms with Gasteiger partial charge in [0.25, 0.3) is 20.2 Å². The zero-order valence-corrected chi connectivity index (χ0v) is 13.5. The smallest absolute Gasteiger partial charge is 0.299 e. The third kappa shape index (κ3) is 2.73. The van der Waals surface area contributed by atoms with E-state index in [1.807, 2.05) is 0 Å². The van der Waals surface area contributed by atoms with E-state index in [9.17, 15) is 35.5 Å². The normalized spacial score (nSPS) is 17.8. The molecule has 2 N–H and O–H groups in total. The lowest BCUT2D eigenvalue weighted by atomic mass is 9.92. The molecule has 2 aliphatic carbocycles. The van der Waals surface area contributed by atoms with Gasteiger partial charge >= 0.3 is 0 Å². The van der Waals surface area contributed by atoms with Gasteiger partial charge in [-0.1, -0.05) is 6.08 Å². The number of rotatable bonds is 2. The number of hydrogen-bond acceptors (Lipinski definition) is 6. The highest BCUT2D eigenvalue weighted by Gasteiger charge is 2.36. The number of ketones is 2. The highest BCUT2D eigenvalue weighted by molar-refractivity contribution is 7.94. The van der Waals surface area contributed by atoms with Crippen LogP contribution in [0.25, 0.3) is 12.2 Å². The van der Waals surface area contributed by atoms with Crippen LogP contribution < -0.4 is 10.4 Å². The van der Waals surface area contributed by atoms with Crippen LogP contribution in [0.4, 0.5) is 0 Å². The summed E-state index contributed by atoms with van der Waals surface area (Å²) in [6.07, 6.45) is 2.62. The van der Waals surface area contributed by atoms with Gasteiger partial charge in [0.1, 0.15) is 10.7 Å². The van der Waals surface area contributed by atoms with Gasteiger partial charge in [0.2, 0.25) is 5.78 Å². The second kappa shape index (κ2) is 5.18. The van der Waals surface area contributed by atoms with Crippen LogP contribution in [0.5, 0.6) is 0 Å². The molecule has 0 heterocycles. The minimum Gasteiger partial charge on any atom is -0.299 e. The van der Waals surface area contributed by atoms with Crippen LogP contribution in [0.1, 0.15) is 22.3 Å². The van der Waals surface area contributed by atoms with Gasteiger partial charge in [0.05, 0.1) is 0 Å². The molecular formula is C14H10O8S2. The van der Waals surface area contributed by atoms with Crippen molar-refractivity contribution in [3.63, 3.8) is 0 Å². The fourth-order valence-electron chi connectivity index (χ4n) is 2.72. The molecule has 0 radical (unpaired) electrons. The van der Waals surface area contributed by atoms with Gasteiger partial charge < -0.3 is 0 Å². The molecule has 0 spiro atoms. The van der Waals surface area contributed by atoms with E-state index in [-0.39, 0.29) is 29.4 Å². The van der Waals surface area contributed by atoms with Gasteiger partial charge in [-0.25, -0.2) is 0 Å². The van der Waals surface area contributed by atoms with E-state index in [1.165, 1.54) is 12.1 Å². The van der Waals surface area contributed by atoms with Gasteiger partial charge in [-0.15, -0.1) is 0 Å². The summed E-state index contributed by atoms with van der Waals surface area (Å²) < 4.78 is 64.1. The minimum absolute atomic E-state index is 0.0434. The number of hydrogen-bond donors (Lipinski definition) is 2. The second-order valence-corrected chi connectivity index (χ2v) is 8.13. The van der Waals surface area contributed by atoms with Crippen molar-refractivity contribution < 1.29 is 35.5 Å². The highest BCUT2D eigenvalue weighted by Crippen LogP contribution is 2.24. The monoisotopic (exact) mass is 370 g/mol. The van der Waals surface area contributed by atoms with Crippen LogP contribution in [0, 0.1) is 0 Å². The highest BCUT2D eigenvalue weighted by atomic mass is 32.2. The number of fused-ring (bicyclic) bond motifs is 2. The van der Waals surface area contributed by atoms with Gasteiger partial charge in [-0.3, -0.25) is 18.7 Å². The standard InChI is InChI=1S/C14H10O8S2/c15-10-2-1-7-5-11-9(3-8(7)4-10)6-12(23(17,18)19)14(13(11)16)24(20,21)22/h1,3,5-6H,2,4H2,(H,17,18,19)(H,20,21,22). The molecule has 24 heavy (non-hydrogen) atoms. The summed E-state index contributed by atoms with van der Waals surface area (Å²) in [5, 5.41) is 0.599. The molecule has 0 amide bonds. The van der Waals surface area contributed by atoms with Gasteiger partial charge in [0.15, 0.2) is 4.91 Å². The first-order valence-electron chi connectivity index (χ1n) is 6.59. The summed E-state index contributed by atoms with van der Waals surface area (Å²) in [5.41, 5.74) is 0.415. The van der Waals surface area contributed by atoms with E-state index in [0.717, 1.165) is 6.08 Å². The summed E-state index contributed by atoms with van der Waals surface area (Å²) in [7, 11) is -10.3. The summed E-state index contributed by atoms with van der Waals surface area (Å²) in [6, 6.07) is 2.73. The van der Waals surface area contributed by atoms with Crippen molar-refractivity contribution in [2.75, 3.05) is 0 Å². The molecule has 2 aliphatic rings. The summed E-state index contributed by atoms with van der Waals surface area (Å²) in [6.45, 7) is 0. The average Bonchev–Trinajstić information content (AvgIpc) is 2.42. The predicted molar refractivity (Wildman–Crippen MR) is 82.4 cm³/mol. The molecule has 1 aromatic carbocycles. The summed E-state index contributed by atoms with van der Waals surface area (Å²) >= 11 is 0. The molecule has 126 valence electrons. The van der Waals surface area contributed by atoms with Crippen molar-refractivity contribution in [1.82, 2.24) is 0 Å². The van der Waals surface area contributed by atoms with Crippen LogP contribution in [-0.4, -0.2) is 37.5 Å². The Hall–Kier alpha value is -2.14. The van der Waals surface area contributed by atoms with E-state index in [0.29, 0.717) is 10.8 Å². The molecule has 3 rings (SSSR count). The largest absolute Gasteiger partial charge is 0.299 e. The van der Waals surface area contributed by atoms with Crippen LogP contribution in [0.15, 0.2) is 21.9 Å². The van der Waals surface area contributed by atoms with Crippen molar-refractivity contribution in [3.8, 4) is 0 Å². The number of allylic oxidation sites excluding steroid dienone is 2. The van der Waals surface area contributed by atoms with Gasteiger partial charge in [-0.2, -0.15) is 16.8 Å². The molecule has 0 bridgehead atoms. The van der Waals surface area contributed by atoms with Crippen LogP contribution in [-0.2, 0) is 31.5 Å². The predicted octanol–water partition coefficient (Wildman–Crippen LogP) is -1.05. The zero-order chi connectivity index (χ0) is 17.9. The topological polar surface area (TPSA) is 143 Å². The third-order valence-corrected chi connectivity index (χ3v) is 5.67. The molecule has 0 aliphatic heterocycles. The fourth-order valence-corrected chi connectivity index (χ4v) is 4.62. The molecule has 0 atom stereocenters. The van der Waals surface area contributed by atoms with E-state index in [2.05, 4.69) is 0 Å². The molecule has 1 aromatic rings. The maximum Gasteiger partial charge on any atom is 0.299 e. The Bertz CT molecular complexity index is 1170. The zero-order valence-electron chi connectivity index (χ0n) is 11.9. The number of carbonyl (C=O) groups excluding carboxylic acids is 2. The van der Waals surface area contributed by atoms with Crippen molar-refractivity contribution in [2.24, 2.45) is 0 Å². The fraction of sp³-hybridized carbons (Fsp3) is 0.143. The van der Waals surface area contributed by atoms with Crippen LogP contribution >= 0.6 is 0 Å². The Morgan fingerprint density at radius 3 is 2.17 bits per heavy atom. The Morgan fingerprint density at radius 1 is 0.917 bits per heavy atom. The summed E-state index contributed by atoms with van der Waals surface area (Å²) in [5.74, 6) is -1.30. The van der Waals surface area contributed by atoms with E-state index in [1.54, 1.807) is 6.08 Å². The lowest BCUT2D eigenvalue weighted by Crippen LogP contribution is -2.32. The first kappa shape index (κ1) is 16.7. The van der Waals surface area contributed by atoms with E-state index >= 15 is 0 Å². The lowest BCUT2D eigenvalue weighted by Gasteiger charge is -2.15. The Kier molecular flexibility index (Phi) is 3.61. The number of Topliss-reactive ketones (excluding diaryl/α,β-unsaturated/α-hetero) is 2. The quantitative estimate of drug-likeness (QED) is 0.628. The Balaban J connectivity index is 2.43. The molecule has 0 unspecified atom stereocenters. The first-order chi connectivity index (χ1) is 11.0. The Labute approximate surface area is 136 Å². The van der Waals surface area contributed by atoms with Gasteiger partial charge in [-0.05, 0) is 34.2 Å². The van der Waals surface area contributed by atoms with Crippen molar-refractivity contribution in [1.29, 1.82) is 0 Å². The first-order valence-corrected chi connectivity index (χ1v) is 9.47. The maximum atomic E-state index is 12.4. The molecule has 0 saturated carbocycles. The molecule has 10 heteroatoms. The molecule has 0 saturated heterocycles. The van der Waals surface area contributed by atoms with Crippen LogP contribution in [0.3, 0.4) is 0 Å². The summed E-state index contributed by atoms with van der Waals surface area (Å²) in [4.78, 5) is 21.3. The third-order valence-electron chi connectivity index (χ3n) is 3.75. The van der Waals surface area contributed by atoms with Crippen LogP contribution in [0.2, 0.25) is 0 Å². The van der Waals surface area contributed by atoms with Crippen molar-refractivity contribution >= 4 is 44.0 Å². The van der Waals surface area contributed by atoms with Crippen molar-refractivity contribution in [2.45, 2.75) is 12.8 Å². The molecule has 0 fully saturated rings. The SMILES string of the molecule is O=C1CC=c2cc3c(cc2C1)=CC(S(=O)(=O)O)=C(S(=O)(=O)O)C3=O. The van der Waals surface area contributed by atoms with E-state index in [4.69, 9.17) is 0 Å². The minimum atomic E-state index is -5.18. The van der Waals surface area contributed by atoms with Gasteiger partial charge in [0, 0.05) is 18.4 Å². The molecule has 0 aromatic heterocycles. The van der Waals surface area contributed by atoms with E-state index < -0.39 is 35.8 Å². The number of carbonyl (C=O) groups is 2. The average molecular weight is 370 g/mol.